The van der Waals surface area contributed by atoms with Gasteiger partial charge < -0.3 is 10.2 Å². The van der Waals surface area contributed by atoms with E-state index < -0.39 is 5.82 Å². The van der Waals surface area contributed by atoms with Gasteiger partial charge in [-0.05, 0) is 43.4 Å². The molecule has 1 N–H and O–H groups in total. The van der Waals surface area contributed by atoms with Crippen LogP contribution in [0.1, 0.15) is 33.6 Å². The van der Waals surface area contributed by atoms with Gasteiger partial charge in [0.05, 0.1) is 10.9 Å². The molecule has 31 heavy (non-hydrogen) atoms. The van der Waals surface area contributed by atoms with Crippen LogP contribution >= 0.6 is 11.3 Å². The Kier molecular flexibility index (Phi) is 5.82. The number of anilines is 1. The van der Waals surface area contributed by atoms with Crippen LogP contribution in [0, 0.1) is 5.82 Å². The largest absolute Gasteiger partial charge is 0.353 e. The number of nitrogens with one attached hydrogen (secondary N) is 1. The Balaban J connectivity index is 1.18. The van der Waals surface area contributed by atoms with Gasteiger partial charge in [0.25, 0.3) is 5.91 Å². The molecule has 0 bridgehead atoms. The summed E-state index contributed by atoms with van der Waals surface area (Å²) in [6, 6.07) is 6.08. The zero-order valence-electron chi connectivity index (χ0n) is 17.4. The Morgan fingerprint density at radius 2 is 1.90 bits per heavy atom. The third kappa shape index (κ3) is 4.14. The topological polar surface area (TPSA) is 61.4 Å². The van der Waals surface area contributed by atoms with Crippen molar-refractivity contribution < 1.29 is 9.18 Å². The van der Waals surface area contributed by atoms with E-state index in [1.54, 1.807) is 18.5 Å². The molecule has 1 aliphatic carbocycles. The highest BCUT2D eigenvalue weighted by Crippen LogP contribution is 2.39. The van der Waals surface area contributed by atoms with Crippen molar-refractivity contribution >= 4 is 33.3 Å². The van der Waals surface area contributed by atoms with Crippen LogP contribution in [-0.4, -0.2) is 60.0 Å². The standard InChI is InChI=1S/C23H26FN5OS/c24-18-7-3-1-5-16(18)22(30)25-9-10-28-11-13-29(14-12-28)21-20-17-6-2-4-8-19(17)31-23(20)27-15-26-21/h1,3,5,7,15H,2,4,6,8-14H2,(H,25,30). The van der Waals surface area contributed by atoms with Crippen molar-refractivity contribution in [1.82, 2.24) is 20.2 Å². The lowest BCUT2D eigenvalue weighted by molar-refractivity contribution is 0.0943. The number of fused-ring (bicyclic) bond motifs is 3. The second-order valence-corrected chi connectivity index (χ2v) is 9.24. The predicted molar refractivity (Wildman–Crippen MR) is 121 cm³/mol. The maximum Gasteiger partial charge on any atom is 0.254 e. The molecular weight excluding hydrogens is 413 g/mol. The summed E-state index contributed by atoms with van der Waals surface area (Å²) in [7, 11) is 0. The Morgan fingerprint density at radius 3 is 2.74 bits per heavy atom. The monoisotopic (exact) mass is 439 g/mol. The lowest BCUT2D eigenvalue weighted by Gasteiger charge is -2.35. The molecule has 3 heterocycles. The zero-order valence-corrected chi connectivity index (χ0v) is 18.3. The van der Waals surface area contributed by atoms with Crippen LogP contribution in [-0.2, 0) is 12.8 Å². The minimum atomic E-state index is -0.486. The number of nitrogens with zero attached hydrogens (tertiary/aromatic N) is 4. The first-order valence-electron chi connectivity index (χ1n) is 11.0. The highest BCUT2D eigenvalue weighted by atomic mass is 32.1. The molecule has 3 aromatic rings. The Morgan fingerprint density at radius 1 is 1.10 bits per heavy atom. The molecule has 2 aliphatic rings. The number of hydrogen-bond donors (Lipinski definition) is 1. The van der Waals surface area contributed by atoms with Crippen molar-refractivity contribution in [2.24, 2.45) is 0 Å². The van der Waals surface area contributed by atoms with Gasteiger partial charge >= 0.3 is 0 Å². The summed E-state index contributed by atoms with van der Waals surface area (Å²) >= 11 is 1.84. The molecule has 0 atom stereocenters. The van der Waals surface area contributed by atoms with E-state index in [-0.39, 0.29) is 11.5 Å². The van der Waals surface area contributed by atoms with Gasteiger partial charge in [-0.15, -0.1) is 11.3 Å². The van der Waals surface area contributed by atoms with Gasteiger partial charge in [0.2, 0.25) is 0 Å². The van der Waals surface area contributed by atoms with Crippen LogP contribution in [0.3, 0.4) is 0 Å². The predicted octanol–water partition coefficient (Wildman–Crippen LogP) is 3.26. The molecule has 1 aromatic carbocycles. The molecule has 1 amide bonds. The number of benzene rings is 1. The van der Waals surface area contributed by atoms with Crippen LogP contribution < -0.4 is 10.2 Å². The number of aryl methyl sites for hydroxylation is 2. The van der Waals surface area contributed by atoms with Crippen LogP contribution in [0.5, 0.6) is 0 Å². The maximum atomic E-state index is 13.7. The normalized spacial score (nSPS) is 17.0. The van der Waals surface area contributed by atoms with Crippen molar-refractivity contribution in [3.8, 4) is 0 Å². The summed E-state index contributed by atoms with van der Waals surface area (Å²) in [5.74, 6) is 0.236. The quantitative estimate of drug-likeness (QED) is 0.661. The molecule has 6 nitrogen and oxygen atoms in total. The number of aromatic nitrogens is 2. The SMILES string of the molecule is O=C(NCCN1CCN(c2ncnc3sc4c(c23)CCCC4)CC1)c1ccccc1F. The molecule has 0 spiro atoms. The van der Waals surface area contributed by atoms with Crippen molar-refractivity contribution in [2.75, 3.05) is 44.2 Å². The van der Waals surface area contributed by atoms with E-state index in [2.05, 4.69) is 25.1 Å². The van der Waals surface area contributed by atoms with Crippen molar-refractivity contribution in [3.05, 3.63) is 52.4 Å². The lowest BCUT2D eigenvalue weighted by atomic mass is 9.97. The number of halogens is 1. The Labute approximate surface area is 185 Å². The van der Waals surface area contributed by atoms with Crippen LogP contribution in [0.25, 0.3) is 10.2 Å². The number of carbonyl (C=O) groups is 1. The van der Waals surface area contributed by atoms with Crippen LogP contribution in [0.15, 0.2) is 30.6 Å². The van der Waals surface area contributed by atoms with E-state index in [1.165, 1.54) is 47.2 Å². The summed E-state index contributed by atoms with van der Waals surface area (Å²) < 4.78 is 13.7. The summed E-state index contributed by atoms with van der Waals surface area (Å²) in [5, 5.41) is 4.10. The van der Waals surface area contributed by atoms with Crippen molar-refractivity contribution in [1.29, 1.82) is 0 Å². The minimum Gasteiger partial charge on any atom is -0.353 e. The first-order chi connectivity index (χ1) is 15.2. The first-order valence-corrected chi connectivity index (χ1v) is 11.8. The highest BCUT2D eigenvalue weighted by molar-refractivity contribution is 7.19. The number of rotatable bonds is 5. The van der Waals surface area contributed by atoms with E-state index >= 15 is 0 Å². The number of piperazine rings is 1. The zero-order chi connectivity index (χ0) is 21.2. The van der Waals surface area contributed by atoms with Crippen molar-refractivity contribution in [2.45, 2.75) is 25.7 Å². The molecule has 0 unspecified atom stereocenters. The maximum absolute atomic E-state index is 13.7. The molecular formula is C23H26FN5OS. The third-order valence-electron chi connectivity index (χ3n) is 6.24. The highest BCUT2D eigenvalue weighted by Gasteiger charge is 2.25. The Hall–Kier alpha value is -2.58. The summed E-state index contributed by atoms with van der Waals surface area (Å²) in [5.41, 5.74) is 1.57. The van der Waals surface area contributed by atoms with Gasteiger partial charge in [0.15, 0.2) is 0 Å². The second-order valence-electron chi connectivity index (χ2n) is 8.15. The molecule has 162 valence electrons. The fourth-order valence-corrected chi connectivity index (χ4v) is 5.79. The van der Waals surface area contributed by atoms with Gasteiger partial charge in [0.1, 0.15) is 22.8 Å². The molecule has 1 aliphatic heterocycles. The van der Waals surface area contributed by atoms with E-state index in [0.717, 1.165) is 49.8 Å². The van der Waals surface area contributed by atoms with Crippen LogP contribution in [0.2, 0.25) is 0 Å². The van der Waals surface area contributed by atoms with Crippen LogP contribution in [0.4, 0.5) is 10.2 Å². The Bertz CT molecular complexity index is 1090. The number of hydrogen-bond acceptors (Lipinski definition) is 6. The summed E-state index contributed by atoms with van der Waals surface area (Å²) in [6.07, 6.45) is 6.53. The number of thiophene rings is 1. The molecule has 0 radical (unpaired) electrons. The number of carbonyl (C=O) groups excluding carboxylic acids is 1. The van der Waals surface area contributed by atoms with E-state index in [9.17, 15) is 9.18 Å². The first kappa shape index (κ1) is 20.3. The fourth-order valence-electron chi connectivity index (χ4n) is 4.56. The fraction of sp³-hybridized carbons (Fsp3) is 0.435. The average Bonchev–Trinajstić information content (AvgIpc) is 3.19. The van der Waals surface area contributed by atoms with Gasteiger partial charge in [-0.1, -0.05) is 12.1 Å². The molecule has 0 saturated carbocycles. The van der Waals surface area contributed by atoms with Gasteiger partial charge in [-0.3, -0.25) is 9.69 Å². The second kappa shape index (κ2) is 8.88. The van der Waals surface area contributed by atoms with Gasteiger partial charge in [-0.2, -0.15) is 0 Å². The smallest absolute Gasteiger partial charge is 0.254 e. The molecule has 1 fully saturated rings. The minimum absolute atomic E-state index is 0.0965. The van der Waals surface area contributed by atoms with Crippen molar-refractivity contribution in [3.63, 3.8) is 0 Å². The lowest BCUT2D eigenvalue weighted by Crippen LogP contribution is -2.48. The molecule has 1 saturated heterocycles. The van der Waals surface area contributed by atoms with E-state index in [0.29, 0.717) is 6.54 Å². The number of amides is 1. The van der Waals surface area contributed by atoms with E-state index in [4.69, 9.17) is 0 Å². The molecule has 2 aromatic heterocycles. The van der Waals surface area contributed by atoms with E-state index in [1.807, 2.05) is 11.3 Å². The van der Waals surface area contributed by atoms with Gasteiger partial charge in [0, 0.05) is 44.1 Å². The molecule has 5 rings (SSSR count). The van der Waals surface area contributed by atoms with Gasteiger partial charge in [-0.25, -0.2) is 14.4 Å². The molecule has 8 heteroatoms. The summed E-state index contributed by atoms with van der Waals surface area (Å²) in [4.78, 5) is 28.7. The third-order valence-corrected chi connectivity index (χ3v) is 7.44. The average molecular weight is 440 g/mol. The summed E-state index contributed by atoms with van der Waals surface area (Å²) in [6.45, 7) is 4.88.